The minimum absolute atomic E-state index is 0.00962. The quantitative estimate of drug-likeness (QED) is 0.670. The molecule has 0 atom stereocenters. The van der Waals surface area contributed by atoms with Gasteiger partial charge in [-0.15, -0.1) is 0 Å². The van der Waals surface area contributed by atoms with Gasteiger partial charge in [0, 0.05) is 32.4 Å². The number of nitrogens with zero attached hydrogens (tertiary/aromatic N) is 2. The van der Waals surface area contributed by atoms with E-state index in [0.717, 1.165) is 5.56 Å². The summed E-state index contributed by atoms with van der Waals surface area (Å²) in [4.78, 5) is 41.8. The molecule has 1 aromatic carbocycles. The van der Waals surface area contributed by atoms with Crippen LogP contribution in [-0.4, -0.2) is 35.7 Å². The first-order valence-electron chi connectivity index (χ1n) is 9.27. The average molecular weight is 388 g/mol. The number of rotatable bonds is 8. The van der Waals surface area contributed by atoms with Gasteiger partial charge >= 0.3 is 5.69 Å². The van der Waals surface area contributed by atoms with Crippen molar-refractivity contribution in [3.05, 3.63) is 56.2 Å². The van der Waals surface area contributed by atoms with E-state index in [4.69, 9.17) is 10.5 Å². The van der Waals surface area contributed by atoms with Crippen LogP contribution in [0.15, 0.2) is 33.9 Å². The molecule has 0 bridgehead atoms. The summed E-state index contributed by atoms with van der Waals surface area (Å²) >= 11 is 0. The van der Waals surface area contributed by atoms with Gasteiger partial charge in [-0.05, 0) is 30.9 Å². The molecule has 0 aliphatic rings. The number of anilines is 2. The fourth-order valence-corrected chi connectivity index (χ4v) is 3.02. The van der Waals surface area contributed by atoms with Gasteiger partial charge in [0.15, 0.2) is 5.69 Å². The van der Waals surface area contributed by atoms with Crippen LogP contribution in [0.1, 0.15) is 36.2 Å². The Morgan fingerprint density at radius 1 is 1.29 bits per heavy atom. The predicted molar refractivity (Wildman–Crippen MR) is 110 cm³/mol. The number of aryl methyl sites for hydroxylation is 1. The Bertz CT molecular complexity index is 946. The number of benzene rings is 1. The van der Waals surface area contributed by atoms with Crippen LogP contribution in [0, 0.1) is 12.8 Å². The summed E-state index contributed by atoms with van der Waals surface area (Å²) in [5.41, 5.74) is 6.20. The second-order valence-corrected chi connectivity index (χ2v) is 7.12. The third kappa shape index (κ3) is 4.69. The largest absolute Gasteiger partial charge is 0.385 e. The van der Waals surface area contributed by atoms with Crippen molar-refractivity contribution in [3.8, 4) is 0 Å². The number of nitrogens with two attached hydrogens (primary N) is 1. The van der Waals surface area contributed by atoms with Gasteiger partial charge in [0.1, 0.15) is 5.82 Å². The highest BCUT2D eigenvalue weighted by molar-refractivity contribution is 6.08. The number of aromatic amines is 1. The number of methoxy groups -OCH3 is 1. The number of carbonyl (C=O) groups excluding carboxylic acids is 1. The first-order valence-corrected chi connectivity index (χ1v) is 9.27. The number of ether oxygens (including phenoxy) is 1. The van der Waals surface area contributed by atoms with Crippen molar-refractivity contribution in [2.24, 2.45) is 5.92 Å². The number of nitrogens with one attached hydrogen (secondary N) is 1. The van der Waals surface area contributed by atoms with E-state index < -0.39 is 11.2 Å². The molecule has 2 aromatic rings. The smallest absolute Gasteiger partial charge is 0.330 e. The van der Waals surface area contributed by atoms with Crippen molar-refractivity contribution in [2.45, 2.75) is 33.7 Å². The lowest BCUT2D eigenvalue weighted by atomic mass is 10.1. The molecule has 1 aromatic heterocycles. The summed E-state index contributed by atoms with van der Waals surface area (Å²) < 4.78 is 6.38. The highest BCUT2D eigenvalue weighted by Gasteiger charge is 2.26. The number of amides is 1. The molecule has 0 radical (unpaired) electrons. The maximum atomic E-state index is 13.3. The Labute approximate surface area is 163 Å². The van der Waals surface area contributed by atoms with Gasteiger partial charge in [0.2, 0.25) is 0 Å². The second-order valence-electron chi connectivity index (χ2n) is 7.12. The molecule has 3 N–H and O–H groups in total. The van der Waals surface area contributed by atoms with Gasteiger partial charge in [-0.3, -0.25) is 19.1 Å². The van der Waals surface area contributed by atoms with Crippen molar-refractivity contribution in [1.29, 1.82) is 0 Å². The normalized spacial score (nSPS) is 11.0. The number of carbonyl (C=O) groups is 1. The standard InChI is InChI=1S/C20H28N4O4/c1-13(2)12-24-17(21)16(18(25)22-20(24)27)23(10-7-11-28-4)19(26)15-9-6-5-8-14(15)3/h5-6,8-9,13H,7,10-12,21H2,1-4H3,(H,22,25,27). The zero-order valence-electron chi connectivity index (χ0n) is 16.8. The maximum Gasteiger partial charge on any atom is 0.330 e. The number of hydrogen-bond donors (Lipinski definition) is 2. The van der Waals surface area contributed by atoms with Crippen molar-refractivity contribution >= 4 is 17.4 Å². The molecule has 28 heavy (non-hydrogen) atoms. The lowest BCUT2D eigenvalue weighted by Crippen LogP contribution is -2.42. The van der Waals surface area contributed by atoms with Crippen LogP contribution in [0.3, 0.4) is 0 Å². The molecule has 0 spiro atoms. The molecule has 8 heteroatoms. The first kappa shape index (κ1) is 21.4. The summed E-state index contributed by atoms with van der Waals surface area (Å²) in [6.07, 6.45) is 0.510. The summed E-state index contributed by atoms with van der Waals surface area (Å²) in [5, 5.41) is 0. The number of H-pyrrole nitrogens is 1. The lowest BCUT2D eigenvalue weighted by molar-refractivity contribution is 0.0982. The maximum absolute atomic E-state index is 13.3. The molecule has 0 aliphatic heterocycles. The molecule has 0 saturated heterocycles. The number of hydrogen-bond acceptors (Lipinski definition) is 5. The Balaban J connectivity index is 2.61. The molecule has 0 saturated carbocycles. The van der Waals surface area contributed by atoms with E-state index in [1.54, 1.807) is 19.2 Å². The van der Waals surface area contributed by atoms with E-state index in [2.05, 4.69) is 4.98 Å². The third-order valence-corrected chi connectivity index (χ3v) is 4.38. The Morgan fingerprint density at radius 3 is 2.57 bits per heavy atom. The highest BCUT2D eigenvalue weighted by Crippen LogP contribution is 2.21. The van der Waals surface area contributed by atoms with Crippen LogP contribution in [-0.2, 0) is 11.3 Å². The van der Waals surface area contributed by atoms with Crippen LogP contribution in [0.25, 0.3) is 0 Å². The van der Waals surface area contributed by atoms with Crippen LogP contribution < -0.4 is 21.9 Å². The molecule has 0 unspecified atom stereocenters. The zero-order valence-corrected chi connectivity index (χ0v) is 16.8. The van der Waals surface area contributed by atoms with Crippen molar-refractivity contribution < 1.29 is 9.53 Å². The van der Waals surface area contributed by atoms with Crippen LogP contribution in [0.4, 0.5) is 11.5 Å². The van der Waals surface area contributed by atoms with E-state index >= 15 is 0 Å². The van der Waals surface area contributed by atoms with E-state index in [9.17, 15) is 14.4 Å². The van der Waals surface area contributed by atoms with Gasteiger partial charge in [0.25, 0.3) is 11.5 Å². The average Bonchev–Trinajstić information content (AvgIpc) is 2.63. The van der Waals surface area contributed by atoms with Gasteiger partial charge in [-0.25, -0.2) is 4.79 Å². The van der Waals surface area contributed by atoms with E-state index in [1.165, 1.54) is 9.47 Å². The van der Waals surface area contributed by atoms with Crippen molar-refractivity contribution in [1.82, 2.24) is 9.55 Å². The first-order chi connectivity index (χ1) is 13.3. The SMILES string of the molecule is COCCCN(C(=O)c1ccccc1C)c1c(N)n(CC(C)C)c(=O)[nH]c1=O. The van der Waals surface area contributed by atoms with E-state index in [-0.39, 0.29) is 29.9 Å². The summed E-state index contributed by atoms with van der Waals surface area (Å²) in [5.74, 6) is -0.226. The summed E-state index contributed by atoms with van der Waals surface area (Å²) in [6, 6.07) is 7.13. The lowest BCUT2D eigenvalue weighted by Gasteiger charge is -2.25. The van der Waals surface area contributed by atoms with Gasteiger partial charge in [0.05, 0.1) is 0 Å². The molecule has 0 aliphatic carbocycles. The molecule has 1 heterocycles. The summed E-state index contributed by atoms with van der Waals surface area (Å²) in [6.45, 7) is 6.68. The fraction of sp³-hybridized carbons (Fsp3) is 0.450. The molecule has 152 valence electrons. The topological polar surface area (TPSA) is 110 Å². The third-order valence-electron chi connectivity index (χ3n) is 4.38. The minimum Gasteiger partial charge on any atom is -0.385 e. The Hall–Kier alpha value is -2.87. The number of nitrogen functional groups attached to an aromatic ring is 1. The van der Waals surface area contributed by atoms with Crippen LogP contribution in [0.5, 0.6) is 0 Å². The molecular weight excluding hydrogens is 360 g/mol. The Morgan fingerprint density at radius 2 is 1.96 bits per heavy atom. The Kier molecular flexibility index (Phi) is 7.17. The molecule has 2 rings (SSSR count). The van der Waals surface area contributed by atoms with E-state index in [1.807, 2.05) is 32.9 Å². The minimum atomic E-state index is -0.679. The van der Waals surface area contributed by atoms with Gasteiger partial charge in [-0.2, -0.15) is 0 Å². The highest BCUT2D eigenvalue weighted by atomic mass is 16.5. The molecular formula is C20H28N4O4. The second kappa shape index (κ2) is 9.36. The molecule has 1 amide bonds. The van der Waals surface area contributed by atoms with Gasteiger partial charge < -0.3 is 15.4 Å². The summed E-state index contributed by atoms with van der Waals surface area (Å²) in [7, 11) is 1.57. The van der Waals surface area contributed by atoms with Crippen molar-refractivity contribution in [2.75, 3.05) is 30.9 Å². The van der Waals surface area contributed by atoms with Crippen molar-refractivity contribution in [3.63, 3.8) is 0 Å². The van der Waals surface area contributed by atoms with E-state index in [0.29, 0.717) is 25.1 Å². The molecule has 0 fully saturated rings. The predicted octanol–water partition coefficient (Wildman–Crippen LogP) is 1.77. The monoisotopic (exact) mass is 388 g/mol. The number of aromatic nitrogens is 2. The fourth-order valence-electron chi connectivity index (χ4n) is 3.02. The van der Waals surface area contributed by atoms with Gasteiger partial charge in [-0.1, -0.05) is 32.0 Å². The van der Waals surface area contributed by atoms with Crippen LogP contribution in [0.2, 0.25) is 0 Å². The zero-order chi connectivity index (χ0) is 20.8. The van der Waals surface area contributed by atoms with Crippen LogP contribution >= 0.6 is 0 Å². The molecule has 8 nitrogen and oxygen atoms in total.